The Morgan fingerprint density at radius 1 is 1.06 bits per heavy atom. The zero-order valence-electron chi connectivity index (χ0n) is 18.6. The molecular weight excluding hydrogens is 452 g/mol. The maximum Gasteiger partial charge on any atom is 0.225 e. The molecule has 2 aromatic rings. The van der Waals surface area contributed by atoms with Crippen LogP contribution in [0, 0.1) is 5.92 Å². The summed E-state index contributed by atoms with van der Waals surface area (Å²) in [6, 6.07) is 12.4. The molecule has 0 atom stereocenters. The van der Waals surface area contributed by atoms with Crippen LogP contribution in [0.3, 0.4) is 0 Å². The first-order chi connectivity index (χ1) is 15.2. The number of rotatable bonds is 8. The summed E-state index contributed by atoms with van der Waals surface area (Å²) in [5, 5.41) is 0.513. The largest absolute Gasteiger partial charge is 0.493 e. The van der Waals surface area contributed by atoms with Gasteiger partial charge >= 0.3 is 0 Å². The summed E-state index contributed by atoms with van der Waals surface area (Å²) in [5.74, 6) is 0.982. The van der Waals surface area contributed by atoms with Crippen LogP contribution in [0.15, 0.2) is 42.5 Å². The molecule has 174 valence electrons. The number of nitrogens with zero attached hydrogens (tertiary/aromatic N) is 2. The van der Waals surface area contributed by atoms with Gasteiger partial charge in [-0.3, -0.25) is 4.79 Å². The number of ether oxygens (including phenoxy) is 2. The van der Waals surface area contributed by atoms with Crippen molar-refractivity contribution >= 4 is 27.5 Å². The third kappa shape index (κ3) is 5.94. The molecule has 7 nitrogen and oxygen atoms in total. The van der Waals surface area contributed by atoms with Crippen LogP contribution in [0.25, 0.3) is 0 Å². The summed E-state index contributed by atoms with van der Waals surface area (Å²) in [6.07, 6.45) is 1.01. The van der Waals surface area contributed by atoms with Crippen LogP contribution in [0.1, 0.15) is 24.0 Å². The van der Waals surface area contributed by atoms with Crippen molar-refractivity contribution in [3.63, 3.8) is 0 Å². The lowest BCUT2D eigenvalue weighted by atomic mass is 9.96. The van der Waals surface area contributed by atoms with Gasteiger partial charge in [0.05, 0.1) is 20.0 Å². The van der Waals surface area contributed by atoms with E-state index >= 15 is 0 Å². The number of hydrogen-bond donors (Lipinski definition) is 0. The van der Waals surface area contributed by atoms with Gasteiger partial charge in [-0.05, 0) is 48.2 Å². The maximum absolute atomic E-state index is 13.0. The second-order valence-electron chi connectivity index (χ2n) is 7.94. The summed E-state index contributed by atoms with van der Waals surface area (Å²) in [4.78, 5) is 14.6. The topological polar surface area (TPSA) is 76.2 Å². The molecule has 0 N–H and O–H groups in total. The Labute approximate surface area is 194 Å². The molecule has 0 unspecified atom stereocenters. The normalized spacial score (nSPS) is 15.4. The lowest BCUT2D eigenvalue weighted by Gasteiger charge is -2.32. The SMILES string of the molecule is COc1ccc(CN(C)C(=O)C2CCN(S(=O)(=O)Cc3cccc(Cl)c3)CC2)cc1OC. The Morgan fingerprint density at radius 2 is 1.75 bits per heavy atom. The van der Waals surface area contributed by atoms with E-state index in [-0.39, 0.29) is 17.6 Å². The smallest absolute Gasteiger partial charge is 0.225 e. The van der Waals surface area contributed by atoms with Crippen LogP contribution in [0.5, 0.6) is 11.5 Å². The first-order valence-corrected chi connectivity index (χ1v) is 12.4. The summed E-state index contributed by atoms with van der Waals surface area (Å²) < 4.78 is 37.7. The zero-order valence-corrected chi connectivity index (χ0v) is 20.2. The van der Waals surface area contributed by atoms with E-state index in [2.05, 4.69) is 0 Å². The van der Waals surface area contributed by atoms with Crippen molar-refractivity contribution in [3.8, 4) is 11.5 Å². The van der Waals surface area contributed by atoms with Gasteiger partial charge in [0.25, 0.3) is 0 Å². The van der Waals surface area contributed by atoms with Crippen LogP contribution < -0.4 is 9.47 Å². The first kappa shape index (κ1) is 24.4. The van der Waals surface area contributed by atoms with Crippen LogP contribution in [-0.4, -0.2) is 57.9 Å². The minimum atomic E-state index is -3.46. The fraction of sp³-hybridized carbons (Fsp3) is 0.435. The molecular formula is C23H29ClN2O5S. The van der Waals surface area contributed by atoms with Crippen molar-refractivity contribution in [2.45, 2.75) is 25.1 Å². The molecule has 0 bridgehead atoms. The highest BCUT2D eigenvalue weighted by Crippen LogP contribution is 2.29. The second kappa shape index (κ2) is 10.6. The van der Waals surface area contributed by atoms with Crippen LogP contribution in [0.4, 0.5) is 0 Å². The van der Waals surface area contributed by atoms with Gasteiger partial charge in [0.1, 0.15) is 0 Å². The van der Waals surface area contributed by atoms with Crippen molar-refractivity contribution < 1.29 is 22.7 Å². The Balaban J connectivity index is 1.56. The van der Waals surface area contributed by atoms with Gasteiger partial charge in [0.15, 0.2) is 11.5 Å². The average molecular weight is 481 g/mol. The molecule has 0 aliphatic carbocycles. The van der Waals surface area contributed by atoms with Crippen LogP contribution in [-0.2, 0) is 27.1 Å². The molecule has 2 aromatic carbocycles. The minimum absolute atomic E-state index is 0.0201. The summed E-state index contributed by atoms with van der Waals surface area (Å²) >= 11 is 5.97. The van der Waals surface area contributed by atoms with E-state index in [9.17, 15) is 13.2 Å². The van der Waals surface area contributed by atoms with Crippen molar-refractivity contribution in [1.82, 2.24) is 9.21 Å². The molecule has 1 aliphatic heterocycles. The van der Waals surface area contributed by atoms with Crippen LogP contribution >= 0.6 is 11.6 Å². The van der Waals surface area contributed by atoms with Crippen LogP contribution in [0.2, 0.25) is 5.02 Å². The molecule has 9 heteroatoms. The Morgan fingerprint density at radius 3 is 2.38 bits per heavy atom. The molecule has 1 amide bonds. The maximum atomic E-state index is 13.0. The third-order valence-corrected chi connectivity index (χ3v) is 7.76. The molecule has 1 saturated heterocycles. The number of sulfonamides is 1. The number of hydrogen-bond acceptors (Lipinski definition) is 5. The van der Waals surface area contributed by atoms with Crippen molar-refractivity contribution in [1.29, 1.82) is 0 Å². The predicted molar refractivity (Wildman–Crippen MR) is 124 cm³/mol. The Bertz CT molecular complexity index is 1050. The van der Waals surface area contributed by atoms with Crippen molar-refractivity contribution in [3.05, 3.63) is 58.6 Å². The Hall–Kier alpha value is -2.29. The Kier molecular flexibility index (Phi) is 8.03. The fourth-order valence-corrected chi connectivity index (χ4v) is 5.72. The van der Waals surface area contributed by atoms with Gasteiger partial charge in [-0.1, -0.05) is 29.8 Å². The number of carbonyl (C=O) groups is 1. The summed E-state index contributed by atoms with van der Waals surface area (Å²) in [5.41, 5.74) is 1.59. The number of amides is 1. The zero-order chi connectivity index (χ0) is 23.3. The summed E-state index contributed by atoms with van der Waals surface area (Å²) in [6.45, 7) is 1.11. The second-order valence-corrected chi connectivity index (χ2v) is 10.3. The first-order valence-electron chi connectivity index (χ1n) is 10.4. The van der Waals surface area contributed by atoms with Gasteiger partial charge in [-0.2, -0.15) is 0 Å². The van der Waals surface area contributed by atoms with Crippen molar-refractivity contribution in [2.24, 2.45) is 5.92 Å². The average Bonchev–Trinajstić information content (AvgIpc) is 2.78. The molecule has 1 fully saturated rings. The van der Waals surface area contributed by atoms with Gasteiger partial charge in [-0.15, -0.1) is 0 Å². The quantitative estimate of drug-likeness (QED) is 0.577. The van der Waals surface area contributed by atoms with E-state index in [0.717, 1.165) is 5.56 Å². The van der Waals surface area contributed by atoms with E-state index in [1.54, 1.807) is 50.4 Å². The molecule has 0 spiro atoms. The van der Waals surface area contributed by atoms with E-state index < -0.39 is 10.0 Å². The van der Waals surface area contributed by atoms with Gasteiger partial charge in [0, 0.05) is 37.6 Å². The highest BCUT2D eigenvalue weighted by Gasteiger charge is 2.32. The van der Waals surface area contributed by atoms with Crippen molar-refractivity contribution in [2.75, 3.05) is 34.4 Å². The number of halogens is 1. The molecule has 0 aromatic heterocycles. The molecule has 0 saturated carbocycles. The number of carbonyl (C=O) groups excluding carboxylic acids is 1. The lowest BCUT2D eigenvalue weighted by Crippen LogP contribution is -2.43. The molecule has 1 aliphatic rings. The highest BCUT2D eigenvalue weighted by molar-refractivity contribution is 7.88. The molecule has 1 heterocycles. The standard InChI is InChI=1S/C23H29ClN2O5S/c1-25(15-17-7-8-21(30-2)22(14-17)31-3)23(27)19-9-11-26(12-10-19)32(28,29)16-18-5-4-6-20(24)13-18/h4-8,13-14,19H,9-12,15-16H2,1-3H3. The molecule has 32 heavy (non-hydrogen) atoms. The number of benzene rings is 2. The molecule has 3 rings (SSSR count). The number of methoxy groups -OCH3 is 2. The van der Waals surface area contributed by atoms with E-state index in [4.69, 9.17) is 21.1 Å². The van der Waals surface area contributed by atoms with E-state index in [1.807, 2.05) is 18.2 Å². The minimum Gasteiger partial charge on any atom is -0.493 e. The lowest BCUT2D eigenvalue weighted by molar-refractivity contribution is -0.135. The van der Waals surface area contributed by atoms with E-state index in [0.29, 0.717) is 54.6 Å². The monoisotopic (exact) mass is 480 g/mol. The number of piperidine rings is 1. The van der Waals surface area contributed by atoms with Gasteiger partial charge in [-0.25, -0.2) is 12.7 Å². The highest BCUT2D eigenvalue weighted by atomic mass is 35.5. The predicted octanol–water partition coefficient (Wildman–Crippen LogP) is 3.56. The van der Waals surface area contributed by atoms with Gasteiger partial charge in [0.2, 0.25) is 15.9 Å². The summed E-state index contributed by atoms with van der Waals surface area (Å²) in [7, 11) is 1.46. The van der Waals surface area contributed by atoms with E-state index in [1.165, 1.54) is 4.31 Å². The molecule has 0 radical (unpaired) electrons. The fourth-order valence-electron chi connectivity index (χ4n) is 3.95. The van der Waals surface area contributed by atoms with Gasteiger partial charge < -0.3 is 14.4 Å². The third-order valence-electron chi connectivity index (χ3n) is 5.68.